The maximum atomic E-state index is 13.9. The van der Waals surface area contributed by atoms with Crippen LogP contribution in [-0.2, 0) is 4.79 Å². The average molecular weight is 287 g/mol. The summed E-state index contributed by atoms with van der Waals surface area (Å²) in [6.07, 6.45) is 0. The number of para-hydroxylation sites is 1. The van der Waals surface area contributed by atoms with Gasteiger partial charge in [0.15, 0.2) is 0 Å². The number of likely N-dealkylation sites (N-methyl/N-ethyl adjacent to an activating group) is 1. The number of anilines is 1. The van der Waals surface area contributed by atoms with E-state index in [0.29, 0.717) is 12.2 Å². The Hall–Kier alpha value is -2.36. The molecule has 0 amide bonds. The van der Waals surface area contributed by atoms with Gasteiger partial charge in [-0.15, -0.1) is 0 Å². The quantitative estimate of drug-likeness (QED) is 0.883. The van der Waals surface area contributed by atoms with Gasteiger partial charge in [-0.3, -0.25) is 4.79 Å². The monoisotopic (exact) mass is 287 g/mol. The summed E-state index contributed by atoms with van der Waals surface area (Å²) in [5.74, 6) is -1.93. The van der Waals surface area contributed by atoms with Crippen LogP contribution < -0.4 is 4.90 Å². The van der Waals surface area contributed by atoms with E-state index in [1.165, 1.54) is 6.07 Å². The average Bonchev–Trinajstić information content (AvgIpc) is 2.50. The zero-order chi connectivity index (χ0) is 15.2. The zero-order valence-electron chi connectivity index (χ0n) is 11.9. The van der Waals surface area contributed by atoms with Crippen molar-refractivity contribution in [3.8, 4) is 0 Å². The molecule has 0 saturated carbocycles. The molecule has 4 heteroatoms. The highest BCUT2D eigenvalue weighted by atomic mass is 19.1. The van der Waals surface area contributed by atoms with Gasteiger partial charge in [-0.2, -0.15) is 0 Å². The second-order valence-electron chi connectivity index (χ2n) is 4.79. The van der Waals surface area contributed by atoms with E-state index in [1.807, 2.05) is 25.1 Å². The van der Waals surface area contributed by atoms with E-state index in [2.05, 4.69) is 0 Å². The fraction of sp³-hybridized carbons (Fsp3) is 0.235. The first-order valence-corrected chi connectivity index (χ1v) is 6.90. The SMILES string of the molecule is CCN(CC(C(=O)O)c1ccccc1)c1ccccc1F. The van der Waals surface area contributed by atoms with E-state index < -0.39 is 11.9 Å². The van der Waals surface area contributed by atoms with E-state index in [0.717, 1.165) is 5.56 Å². The van der Waals surface area contributed by atoms with Gasteiger partial charge in [0.2, 0.25) is 0 Å². The maximum Gasteiger partial charge on any atom is 0.312 e. The molecule has 0 saturated heterocycles. The van der Waals surface area contributed by atoms with Gasteiger partial charge in [0, 0.05) is 13.1 Å². The van der Waals surface area contributed by atoms with E-state index in [1.54, 1.807) is 35.2 Å². The van der Waals surface area contributed by atoms with Crippen LogP contribution in [0.5, 0.6) is 0 Å². The summed E-state index contributed by atoms with van der Waals surface area (Å²) in [5, 5.41) is 9.47. The van der Waals surface area contributed by atoms with Crippen LogP contribution in [0.1, 0.15) is 18.4 Å². The minimum Gasteiger partial charge on any atom is -0.481 e. The fourth-order valence-corrected chi connectivity index (χ4v) is 2.34. The standard InChI is InChI=1S/C17H18FNO2/c1-2-19(16-11-7-6-10-15(16)18)12-14(17(20)21)13-8-4-3-5-9-13/h3-11,14H,2,12H2,1H3,(H,20,21). The van der Waals surface area contributed by atoms with Crippen molar-refractivity contribution in [3.63, 3.8) is 0 Å². The van der Waals surface area contributed by atoms with Gasteiger partial charge in [0.05, 0.1) is 11.6 Å². The van der Waals surface area contributed by atoms with Crippen molar-refractivity contribution in [2.24, 2.45) is 0 Å². The van der Waals surface area contributed by atoms with Crippen LogP contribution in [0.15, 0.2) is 54.6 Å². The number of aliphatic carboxylic acids is 1. The first kappa shape index (κ1) is 15.0. The number of hydrogen-bond acceptors (Lipinski definition) is 2. The molecule has 21 heavy (non-hydrogen) atoms. The molecule has 0 aliphatic carbocycles. The van der Waals surface area contributed by atoms with Crippen molar-refractivity contribution in [3.05, 3.63) is 66.0 Å². The predicted octanol–water partition coefficient (Wildman–Crippen LogP) is 3.52. The maximum absolute atomic E-state index is 13.9. The van der Waals surface area contributed by atoms with Crippen LogP contribution in [-0.4, -0.2) is 24.2 Å². The van der Waals surface area contributed by atoms with Gasteiger partial charge < -0.3 is 10.0 Å². The zero-order valence-corrected chi connectivity index (χ0v) is 11.9. The van der Waals surface area contributed by atoms with E-state index in [4.69, 9.17) is 0 Å². The first-order chi connectivity index (χ1) is 10.1. The molecule has 2 aromatic rings. The van der Waals surface area contributed by atoms with Crippen LogP contribution in [0.3, 0.4) is 0 Å². The Labute approximate surface area is 123 Å². The van der Waals surface area contributed by atoms with E-state index in [-0.39, 0.29) is 12.4 Å². The molecule has 1 N–H and O–H groups in total. The Morgan fingerprint density at radius 2 is 1.76 bits per heavy atom. The number of carboxylic acid groups (broad SMARTS) is 1. The molecule has 0 fully saturated rings. The Bertz CT molecular complexity index is 601. The third-order valence-corrected chi connectivity index (χ3v) is 3.48. The molecule has 3 nitrogen and oxygen atoms in total. The molecule has 0 aliphatic heterocycles. The van der Waals surface area contributed by atoms with Crippen molar-refractivity contribution in [1.29, 1.82) is 0 Å². The van der Waals surface area contributed by atoms with Crippen molar-refractivity contribution in [2.45, 2.75) is 12.8 Å². The lowest BCUT2D eigenvalue weighted by Gasteiger charge is -2.27. The molecule has 1 unspecified atom stereocenters. The van der Waals surface area contributed by atoms with Gasteiger partial charge in [-0.1, -0.05) is 42.5 Å². The summed E-state index contributed by atoms with van der Waals surface area (Å²) >= 11 is 0. The molecule has 110 valence electrons. The Balaban J connectivity index is 2.27. The Morgan fingerprint density at radius 1 is 1.14 bits per heavy atom. The van der Waals surface area contributed by atoms with E-state index >= 15 is 0 Å². The summed E-state index contributed by atoms with van der Waals surface area (Å²) < 4.78 is 13.9. The molecule has 2 rings (SSSR count). The Kier molecular flexibility index (Phi) is 4.93. The fourth-order valence-electron chi connectivity index (χ4n) is 2.34. The highest BCUT2D eigenvalue weighted by molar-refractivity contribution is 5.77. The van der Waals surface area contributed by atoms with Crippen molar-refractivity contribution >= 4 is 11.7 Å². The minimum atomic E-state index is -0.906. The van der Waals surface area contributed by atoms with Crippen LogP contribution in [0, 0.1) is 5.82 Å². The second kappa shape index (κ2) is 6.88. The molecule has 1 atom stereocenters. The summed E-state index contributed by atoms with van der Waals surface area (Å²) in [5.41, 5.74) is 1.15. The second-order valence-corrected chi connectivity index (χ2v) is 4.79. The smallest absolute Gasteiger partial charge is 0.312 e. The van der Waals surface area contributed by atoms with Gasteiger partial charge in [0.1, 0.15) is 5.82 Å². The first-order valence-electron chi connectivity index (χ1n) is 6.90. The van der Waals surface area contributed by atoms with Crippen molar-refractivity contribution in [1.82, 2.24) is 0 Å². The molecule has 2 aromatic carbocycles. The van der Waals surface area contributed by atoms with Crippen LogP contribution in [0.4, 0.5) is 10.1 Å². The predicted molar refractivity (Wildman–Crippen MR) is 81.1 cm³/mol. The van der Waals surface area contributed by atoms with Crippen molar-refractivity contribution in [2.75, 3.05) is 18.0 Å². The van der Waals surface area contributed by atoms with Crippen molar-refractivity contribution < 1.29 is 14.3 Å². The lowest BCUT2D eigenvalue weighted by Crippen LogP contribution is -2.32. The summed E-state index contributed by atoms with van der Waals surface area (Å²) in [6.45, 7) is 2.66. The minimum absolute atomic E-state index is 0.233. The number of nitrogens with zero attached hydrogens (tertiary/aromatic N) is 1. The molecular weight excluding hydrogens is 269 g/mol. The number of carbonyl (C=O) groups is 1. The molecule has 0 aliphatic rings. The van der Waals surface area contributed by atoms with Gasteiger partial charge in [-0.05, 0) is 24.6 Å². The molecule has 0 spiro atoms. The van der Waals surface area contributed by atoms with Crippen LogP contribution in [0.25, 0.3) is 0 Å². The van der Waals surface area contributed by atoms with E-state index in [9.17, 15) is 14.3 Å². The highest BCUT2D eigenvalue weighted by Crippen LogP contribution is 2.23. The lowest BCUT2D eigenvalue weighted by molar-refractivity contribution is -0.138. The number of carboxylic acids is 1. The van der Waals surface area contributed by atoms with Gasteiger partial charge in [0.25, 0.3) is 0 Å². The summed E-state index contributed by atoms with van der Waals surface area (Å²) in [4.78, 5) is 13.3. The Morgan fingerprint density at radius 3 is 2.33 bits per heavy atom. The number of halogens is 1. The summed E-state index contributed by atoms with van der Waals surface area (Å²) in [7, 11) is 0. The lowest BCUT2D eigenvalue weighted by atomic mass is 9.98. The number of hydrogen-bond donors (Lipinski definition) is 1. The third kappa shape index (κ3) is 3.60. The normalized spacial score (nSPS) is 11.9. The van der Waals surface area contributed by atoms with Crippen LogP contribution in [0.2, 0.25) is 0 Å². The van der Waals surface area contributed by atoms with Gasteiger partial charge in [-0.25, -0.2) is 4.39 Å². The molecular formula is C17H18FNO2. The molecule has 0 aromatic heterocycles. The number of rotatable bonds is 6. The molecule has 0 bridgehead atoms. The highest BCUT2D eigenvalue weighted by Gasteiger charge is 2.23. The number of benzene rings is 2. The molecule has 0 radical (unpaired) electrons. The largest absolute Gasteiger partial charge is 0.481 e. The molecule has 0 heterocycles. The summed E-state index contributed by atoms with van der Waals surface area (Å²) in [6, 6.07) is 15.5. The topological polar surface area (TPSA) is 40.5 Å². The van der Waals surface area contributed by atoms with Gasteiger partial charge >= 0.3 is 5.97 Å². The van der Waals surface area contributed by atoms with Crippen LogP contribution >= 0.6 is 0 Å². The third-order valence-electron chi connectivity index (χ3n) is 3.48.